The van der Waals surface area contributed by atoms with Crippen molar-refractivity contribution in [2.45, 2.75) is 32.5 Å². The van der Waals surface area contributed by atoms with Gasteiger partial charge in [0.25, 0.3) is 5.91 Å². The van der Waals surface area contributed by atoms with Crippen molar-refractivity contribution in [1.82, 2.24) is 14.8 Å². The van der Waals surface area contributed by atoms with Gasteiger partial charge in [0, 0.05) is 19.6 Å². The number of furan rings is 1. The smallest absolute Gasteiger partial charge is 0.275 e. The molecule has 0 radical (unpaired) electrons. The summed E-state index contributed by atoms with van der Waals surface area (Å²) in [6.45, 7) is 3.49. The molecule has 1 aliphatic rings. The summed E-state index contributed by atoms with van der Waals surface area (Å²) in [4.78, 5) is 20.9. The second-order valence-corrected chi connectivity index (χ2v) is 6.84. The van der Waals surface area contributed by atoms with Crippen LogP contribution in [-0.4, -0.2) is 33.8 Å². The molecule has 6 nitrogen and oxygen atoms in total. The van der Waals surface area contributed by atoms with Crippen LogP contribution >= 0.6 is 0 Å². The minimum Gasteiger partial charge on any atom is -0.468 e. The van der Waals surface area contributed by atoms with Gasteiger partial charge >= 0.3 is 0 Å². The third-order valence-corrected chi connectivity index (χ3v) is 4.73. The predicted molar refractivity (Wildman–Crippen MR) is 99.7 cm³/mol. The molecule has 1 fully saturated rings. The molecule has 140 valence electrons. The second-order valence-electron chi connectivity index (χ2n) is 6.84. The number of likely N-dealkylation sites (tertiary alicyclic amines) is 1. The molecule has 2 aromatic heterocycles. The summed E-state index contributed by atoms with van der Waals surface area (Å²) in [5.41, 5.74) is 1.59. The largest absolute Gasteiger partial charge is 0.468 e. The molecule has 0 spiro atoms. The molecule has 1 aliphatic heterocycles. The van der Waals surface area contributed by atoms with Crippen molar-refractivity contribution in [3.8, 4) is 0 Å². The molecular weight excluding hydrogens is 342 g/mol. The van der Waals surface area contributed by atoms with Gasteiger partial charge in [-0.2, -0.15) is 0 Å². The van der Waals surface area contributed by atoms with Crippen molar-refractivity contribution in [2.24, 2.45) is 0 Å². The number of hydrogen-bond donors (Lipinski definition) is 0. The molecule has 0 aliphatic carbocycles. The number of benzene rings is 1. The van der Waals surface area contributed by atoms with Gasteiger partial charge in [-0.3, -0.25) is 9.69 Å². The first-order chi connectivity index (χ1) is 13.3. The highest BCUT2D eigenvalue weighted by Gasteiger charge is 2.23. The van der Waals surface area contributed by atoms with E-state index >= 15 is 0 Å². The fraction of sp³-hybridized carbons (Fsp3) is 0.333. The zero-order valence-electron chi connectivity index (χ0n) is 15.2. The van der Waals surface area contributed by atoms with Crippen LogP contribution in [0.3, 0.4) is 0 Å². The number of aromatic nitrogens is 1. The average molecular weight is 365 g/mol. The second kappa shape index (κ2) is 8.22. The van der Waals surface area contributed by atoms with E-state index < -0.39 is 0 Å². The Kier molecular flexibility index (Phi) is 5.34. The monoisotopic (exact) mass is 365 g/mol. The van der Waals surface area contributed by atoms with Crippen LogP contribution < -0.4 is 0 Å². The van der Waals surface area contributed by atoms with Crippen LogP contribution in [0.15, 0.2) is 63.8 Å². The van der Waals surface area contributed by atoms with E-state index in [1.807, 2.05) is 35.2 Å². The lowest BCUT2D eigenvalue weighted by Crippen LogP contribution is -2.28. The Hall–Kier alpha value is -2.86. The Labute approximate surface area is 158 Å². The van der Waals surface area contributed by atoms with Gasteiger partial charge in [-0.25, -0.2) is 4.98 Å². The number of carbonyl (C=O) groups excluding carboxylic acids is 1. The normalized spacial score (nSPS) is 14.2. The zero-order chi connectivity index (χ0) is 18.5. The molecule has 3 heterocycles. The maximum atomic E-state index is 12.5. The third kappa shape index (κ3) is 4.46. The Morgan fingerprint density at radius 2 is 1.81 bits per heavy atom. The number of hydrogen-bond acceptors (Lipinski definition) is 5. The average Bonchev–Trinajstić information content (AvgIpc) is 3.45. The molecule has 6 heteroatoms. The van der Waals surface area contributed by atoms with Crippen molar-refractivity contribution < 1.29 is 13.6 Å². The fourth-order valence-electron chi connectivity index (χ4n) is 3.39. The lowest BCUT2D eigenvalue weighted by Gasteiger charge is -2.19. The van der Waals surface area contributed by atoms with Crippen LogP contribution in [-0.2, 0) is 19.6 Å². The molecule has 0 N–H and O–H groups in total. The first kappa shape index (κ1) is 17.5. The summed E-state index contributed by atoms with van der Waals surface area (Å²) in [6, 6.07) is 14.1. The van der Waals surface area contributed by atoms with E-state index in [2.05, 4.69) is 22.0 Å². The van der Waals surface area contributed by atoms with Gasteiger partial charge in [-0.1, -0.05) is 30.3 Å². The van der Waals surface area contributed by atoms with Gasteiger partial charge in [0.2, 0.25) is 5.89 Å². The standard InChI is InChI=1S/C21H23N3O3/c25-21(24-10-4-5-11-24)19-16-27-20(22-19)15-23(14-18-9-6-12-26-18)13-17-7-2-1-3-8-17/h1-3,6-9,12,16H,4-5,10-11,13-15H2. The summed E-state index contributed by atoms with van der Waals surface area (Å²) in [5, 5.41) is 0. The highest BCUT2D eigenvalue weighted by Crippen LogP contribution is 2.16. The van der Waals surface area contributed by atoms with E-state index in [1.165, 1.54) is 11.8 Å². The molecule has 1 saturated heterocycles. The summed E-state index contributed by atoms with van der Waals surface area (Å²) in [7, 11) is 0. The van der Waals surface area contributed by atoms with Crippen LogP contribution in [0.25, 0.3) is 0 Å². The number of nitrogens with zero attached hydrogens (tertiary/aromatic N) is 3. The van der Waals surface area contributed by atoms with Crippen molar-refractivity contribution in [1.29, 1.82) is 0 Å². The summed E-state index contributed by atoms with van der Waals surface area (Å²) < 4.78 is 11.1. The molecule has 0 unspecified atom stereocenters. The molecule has 0 saturated carbocycles. The molecule has 3 aromatic rings. The Bertz CT molecular complexity index is 852. The van der Waals surface area contributed by atoms with Crippen molar-refractivity contribution in [3.63, 3.8) is 0 Å². The van der Waals surface area contributed by atoms with Crippen LogP contribution in [0.2, 0.25) is 0 Å². The van der Waals surface area contributed by atoms with E-state index in [-0.39, 0.29) is 5.91 Å². The zero-order valence-corrected chi connectivity index (χ0v) is 15.2. The SMILES string of the molecule is O=C(c1coc(CN(Cc2ccccc2)Cc2ccco2)n1)N1CCCC1. The van der Waals surface area contributed by atoms with E-state index in [0.717, 1.165) is 38.2 Å². The molecule has 27 heavy (non-hydrogen) atoms. The Balaban J connectivity index is 1.46. The van der Waals surface area contributed by atoms with E-state index in [1.54, 1.807) is 6.26 Å². The molecule has 1 aromatic carbocycles. The number of amides is 1. The van der Waals surface area contributed by atoms with Gasteiger partial charge in [0.05, 0.1) is 19.4 Å². The van der Waals surface area contributed by atoms with Crippen LogP contribution in [0.4, 0.5) is 0 Å². The van der Waals surface area contributed by atoms with Gasteiger partial charge in [-0.15, -0.1) is 0 Å². The summed E-state index contributed by atoms with van der Waals surface area (Å²) in [6.07, 6.45) is 5.27. The number of oxazole rings is 1. The molecule has 1 amide bonds. The number of rotatable bonds is 7. The third-order valence-electron chi connectivity index (χ3n) is 4.73. The molecule has 0 atom stereocenters. The summed E-state index contributed by atoms with van der Waals surface area (Å²) in [5.74, 6) is 1.38. The maximum absolute atomic E-state index is 12.5. The van der Waals surface area contributed by atoms with Crippen LogP contribution in [0, 0.1) is 0 Å². The highest BCUT2D eigenvalue weighted by atomic mass is 16.3. The molecule has 4 rings (SSSR count). The minimum absolute atomic E-state index is 0.0388. The van der Waals surface area contributed by atoms with Gasteiger partial charge < -0.3 is 13.7 Å². The predicted octanol–water partition coefficient (Wildman–Crippen LogP) is 3.71. The van der Waals surface area contributed by atoms with Gasteiger partial charge in [0.15, 0.2) is 5.69 Å². The fourth-order valence-corrected chi connectivity index (χ4v) is 3.39. The van der Waals surface area contributed by atoms with Crippen molar-refractivity contribution >= 4 is 5.91 Å². The summed E-state index contributed by atoms with van der Waals surface area (Å²) >= 11 is 0. The minimum atomic E-state index is -0.0388. The lowest BCUT2D eigenvalue weighted by molar-refractivity contribution is 0.0787. The van der Waals surface area contributed by atoms with E-state index in [0.29, 0.717) is 24.7 Å². The van der Waals surface area contributed by atoms with Crippen molar-refractivity contribution in [3.05, 3.63) is 77.9 Å². The van der Waals surface area contributed by atoms with E-state index in [9.17, 15) is 4.79 Å². The van der Waals surface area contributed by atoms with Crippen molar-refractivity contribution in [2.75, 3.05) is 13.1 Å². The van der Waals surface area contributed by atoms with Crippen LogP contribution in [0.1, 0.15) is 40.5 Å². The maximum Gasteiger partial charge on any atom is 0.275 e. The van der Waals surface area contributed by atoms with Gasteiger partial charge in [-0.05, 0) is 30.5 Å². The first-order valence-corrected chi connectivity index (χ1v) is 9.30. The molecular formula is C21H23N3O3. The Morgan fingerprint density at radius 1 is 1.00 bits per heavy atom. The Morgan fingerprint density at radius 3 is 2.56 bits per heavy atom. The van der Waals surface area contributed by atoms with Crippen LogP contribution in [0.5, 0.6) is 0 Å². The van der Waals surface area contributed by atoms with Gasteiger partial charge in [0.1, 0.15) is 12.0 Å². The lowest BCUT2D eigenvalue weighted by atomic mass is 10.2. The van der Waals surface area contributed by atoms with E-state index in [4.69, 9.17) is 8.83 Å². The molecule has 0 bridgehead atoms. The quantitative estimate of drug-likeness (QED) is 0.639. The topological polar surface area (TPSA) is 62.7 Å². The highest BCUT2D eigenvalue weighted by molar-refractivity contribution is 5.92. The number of carbonyl (C=O) groups is 1. The first-order valence-electron chi connectivity index (χ1n) is 9.30.